The van der Waals surface area contributed by atoms with Crippen LogP contribution in [0.3, 0.4) is 0 Å². The molecule has 10 aromatic carbocycles. The van der Waals surface area contributed by atoms with E-state index in [1.807, 2.05) is 12.1 Å². The van der Waals surface area contributed by atoms with E-state index in [-0.39, 0.29) is 0 Å². The van der Waals surface area contributed by atoms with Gasteiger partial charge in [0.1, 0.15) is 11.2 Å². The molecular weight excluding hydrogens is 763 g/mol. The Balaban J connectivity index is 1.02. The maximum absolute atomic E-state index is 6.15. The van der Waals surface area contributed by atoms with Crippen molar-refractivity contribution in [3.8, 4) is 44.5 Å². The Labute approximate surface area is 367 Å². The molecule has 0 radical (unpaired) electrons. The summed E-state index contributed by atoms with van der Waals surface area (Å²) in [7, 11) is 0. The quantitative estimate of drug-likeness (QED) is 0.160. The first-order valence-electron chi connectivity index (χ1n) is 21.7. The SMILES string of the molecule is c1ccc(-c2ccc(N3c4ccccc4C(c4ccccc4)(c4ccccc4)c4cc(-c5cccc(-c6cccc(-c7ccc8oc9ccccc9c8c7)c6)c5)ccc43)cc2)cc1. The minimum Gasteiger partial charge on any atom is -0.456 e. The van der Waals surface area contributed by atoms with Crippen LogP contribution in [0.2, 0.25) is 0 Å². The number of hydrogen-bond donors (Lipinski definition) is 0. The molecule has 0 saturated heterocycles. The fourth-order valence-electron chi connectivity index (χ4n) is 10.0. The third kappa shape index (κ3) is 6.10. The molecular formula is C61H41NO. The fourth-order valence-corrected chi connectivity index (χ4v) is 10.0. The summed E-state index contributed by atoms with van der Waals surface area (Å²) in [4.78, 5) is 2.46. The van der Waals surface area contributed by atoms with Crippen LogP contribution in [0.1, 0.15) is 22.3 Å². The van der Waals surface area contributed by atoms with Gasteiger partial charge in [-0.15, -0.1) is 0 Å². The van der Waals surface area contributed by atoms with Crippen molar-refractivity contribution in [1.82, 2.24) is 0 Å². The first kappa shape index (κ1) is 36.6. The number of rotatable bonds is 7. The fraction of sp³-hybridized carbons (Fsp3) is 0.0164. The van der Waals surface area contributed by atoms with Crippen molar-refractivity contribution >= 4 is 39.0 Å². The molecule has 0 bridgehead atoms. The summed E-state index contributed by atoms with van der Waals surface area (Å²) in [6.07, 6.45) is 0. The van der Waals surface area contributed by atoms with Crippen LogP contribution in [-0.2, 0) is 5.41 Å². The first-order valence-corrected chi connectivity index (χ1v) is 21.7. The van der Waals surface area contributed by atoms with Gasteiger partial charge in [0, 0.05) is 16.5 Å². The normalized spacial score (nSPS) is 12.9. The van der Waals surface area contributed by atoms with Gasteiger partial charge in [-0.05, 0) is 127 Å². The molecule has 2 heteroatoms. The summed E-state index contributed by atoms with van der Waals surface area (Å²) < 4.78 is 6.15. The van der Waals surface area contributed by atoms with Gasteiger partial charge in [-0.3, -0.25) is 0 Å². The van der Waals surface area contributed by atoms with Gasteiger partial charge >= 0.3 is 0 Å². The maximum Gasteiger partial charge on any atom is 0.135 e. The molecule has 0 N–H and O–H groups in total. The third-order valence-electron chi connectivity index (χ3n) is 12.9. The Kier molecular flexibility index (Phi) is 8.76. The number of nitrogens with zero attached hydrogens (tertiary/aromatic N) is 1. The Hall–Kier alpha value is -8.20. The Morgan fingerprint density at radius 2 is 0.746 bits per heavy atom. The van der Waals surface area contributed by atoms with Gasteiger partial charge in [-0.1, -0.05) is 188 Å². The summed E-state index contributed by atoms with van der Waals surface area (Å²) in [6.45, 7) is 0. The van der Waals surface area contributed by atoms with Gasteiger partial charge < -0.3 is 9.32 Å². The highest BCUT2D eigenvalue weighted by Gasteiger charge is 2.46. The first-order chi connectivity index (χ1) is 31.2. The molecule has 0 unspecified atom stereocenters. The van der Waals surface area contributed by atoms with Gasteiger partial charge in [0.05, 0.1) is 16.8 Å². The molecule has 0 saturated carbocycles. The van der Waals surface area contributed by atoms with E-state index in [0.717, 1.165) is 33.3 Å². The predicted octanol–water partition coefficient (Wildman–Crippen LogP) is 16.4. The van der Waals surface area contributed by atoms with Crippen molar-refractivity contribution in [2.45, 2.75) is 5.41 Å². The van der Waals surface area contributed by atoms with Crippen LogP contribution in [0.5, 0.6) is 0 Å². The molecule has 296 valence electrons. The molecule has 0 fully saturated rings. The monoisotopic (exact) mass is 803 g/mol. The van der Waals surface area contributed by atoms with Crippen molar-refractivity contribution in [3.63, 3.8) is 0 Å². The van der Waals surface area contributed by atoms with E-state index < -0.39 is 5.41 Å². The lowest BCUT2D eigenvalue weighted by atomic mass is 9.62. The van der Waals surface area contributed by atoms with Crippen molar-refractivity contribution in [2.75, 3.05) is 4.90 Å². The van der Waals surface area contributed by atoms with Crippen LogP contribution in [-0.4, -0.2) is 0 Å². The smallest absolute Gasteiger partial charge is 0.135 e. The highest BCUT2D eigenvalue weighted by Crippen LogP contribution is 2.58. The topological polar surface area (TPSA) is 16.4 Å². The van der Waals surface area contributed by atoms with Crippen LogP contribution in [0.4, 0.5) is 17.1 Å². The van der Waals surface area contributed by atoms with Gasteiger partial charge in [-0.2, -0.15) is 0 Å². The largest absolute Gasteiger partial charge is 0.456 e. The zero-order valence-corrected chi connectivity index (χ0v) is 34.5. The number of benzene rings is 10. The molecule has 0 atom stereocenters. The van der Waals surface area contributed by atoms with Crippen LogP contribution in [0.15, 0.2) is 253 Å². The number of anilines is 3. The lowest BCUT2D eigenvalue weighted by Crippen LogP contribution is -2.37. The molecule has 1 aliphatic rings. The average molecular weight is 804 g/mol. The summed E-state index contributed by atoms with van der Waals surface area (Å²) >= 11 is 0. The zero-order chi connectivity index (χ0) is 41.7. The van der Waals surface area contributed by atoms with Crippen LogP contribution in [0, 0.1) is 0 Å². The highest BCUT2D eigenvalue weighted by atomic mass is 16.3. The summed E-state index contributed by atoms with van der Waals surface area (Å²) in [5.74, 6) is 0. The molecule has 1 aliphatic heterocycles. The van der Waals surface area contributed by atoms with E-state index in [0.29, 0.717) is 0 Å². The van der Waals surface area contributed by atoms with Crippen molar-refractivity contribution in [3.05, 3.63) is 271 Å². The maximum atomic E-state index is 6.15. The lowest BCUT2D eigenvalue weighted by Gasteiger charge is -2.46. The van der Waals surface area contributed by atoms with E-state index in [2.05, 4.69) is 241 Å². The zero-order valence-electron chi connectivity index (χ0n) is 34.5. The molecule has 2 heterocycles. The summed E-state index contributed by atoms with van der Waals surface area (Å²) in [5, 5.41) is 2.27. The Bertz CT molecular complexity index is 3400. The van der Waals surface area contributed by atoms with E-state index in [1.165, 1.54) is 72.4 Å². The lowest BCUT2D eigenvalue weighted by molar-refractivity contribution is 0.669. The van der Waals surface area contributed by atoms with Crippen molar-refractivity contribution in [2.24, 2.45) is 0 Å². The molecule has 2 nitrogen and oxygen atoms in total. The molecule has 0 aliphatic carbocycles. The molecule has 11 aromatic rings. The molecule has 0 amide bonds. The van der Waals surface area contributed by atoms with Crippen molar-refractivity contribution < 1.29 is 4.42 Å². The van der Waals surface area contributed by atoms with E-state index >= 15 is 0 Å². The second-order valence-electron chi connectivity index (χ2n) is 16.5. The second-order valence-corrected chi connectivity index (χ2v) is 16.5. The van der Waals surface area contributed by atoms with Crippen LogP contribution in [0.25, 0.3) is 66.4 Å². The Morgan fingerprint density at radius 1 is 0.286 bits per heavy atom. The van der Waals surface area contributed by atoms with Gasteiger partial charge in [0.25, 0.3) is 0 Å². The molecule has 1 aromatic heterocycles. The molecule has 63 heavy (non-hydrogen) atoms. The average Bonchev–Trinajstić information content (AvgIpc) is 3.74. The van der Waals surface area contributed by atoms with Gasteiger partial charge in [0.15, 0.2) is 0 Å². The van der Waals surface area contributed by atoms with E-state index in [4.69, 9.17) is 4.42 Å². The minimum absolute atomic E-state index is 0.599. The van der Waals surface area contributed by atoms with Crippen LogP contribution < -0.4 is 4.90 Å². The van der Waals surface area contributed by atoms with Gasteiger partial charge in [0.2, 0.25) is 0 Å². The number of para-hydroxylation sites is 2. The minimum atomic E-state index is -0.599. The number of furan rings is 1. The number of fused-ring (bicyclic) bond motifs is 5. The van der Waals surface area contributed by atoms with E-state index in [9.17, 15) is 0 Å². The second kappa shape index (κ2) is 15.1. The standard InChI is InChI=1S/C61H41NO/c1-4-16-42(17-5-1)43-30-34-52(35-31-43)62-57-28-12-11-27-55(57)61(50-22-6-2-7-23-50,51-24-8-3-9-25-51)56-41-49(32-36-58(56)62)47-21-15-19-45(39-47)44-18-14-20-46(38-44)48-33-37-60-54(40-48)53-26-10-13-29-59(53)63-60/h1-41H. The predicted molar refractivity (Wildman–Crippen MR) is 262 cm³/mol. The number of hydrogen-bond acceptors (Lipinski definition) is 2. The summed E-state index contributed by atoms with van der Waals surface area (Å²) in [6, 6.07) is 90.5. The molecule has 0 spiro atoms. The molecule has 12 rings (SSSR count). The van der Waals surface area contributed by atoms with E-state index in [1.54, 1.807) is 0 Å². The van der Waals surface area contributed by atoms with Crippen molar-refractivity contribution in [1.29, 1.82) is 0 Å². The van der Waals surface area contributed by atoms with Gasteiger partial charge in [-0.25, -0.2) is 0 Å². The Morgan fingerprint density at radius 3 is 1.41 bits per heavy atom. The third-order valence-corrected chi connectivity index (χ3v) is 12.9. The highest BCUT2D eigenvalue weighted by molar-refractivity contribution is 6.06. The summed E-state index contributed by atoms with van der Waals surface area (Å²) in [5.41, 5.74) is 19.0. The van der Waals surface area contributed by atoms with Crippen LogP contribution >= 0.6 is 0 Å².